The topological polar surface area (TPSA) is 37.8 Å². The Kier molecular flexibility index (Phi) is 4.81. The van der Waals surface area contributed by atoms with Crippen LogP contribution in [0.1, 0.15) is 18.3 Å². The van der Waals surface area contributed by atoms with Crippen LogP contribution in [0.3, 0.4) is 0 Å². The minimum atomic E-state index is 0.717. The van der Waals surface area contributed by atoms with Gasteiger partial charge in [-0.3, -0.25) is 0 Å². The lowest BCUT2D eigenvalue weighted by molar-refractivity contribution is 0.931. The minimum Gasteiger partial charge on any atom is -0.339 e. The molecule has 0 atom stereocenters. The molecule has 0 aliphatic rings. The van der Waals surface area contributed by atoms with Gasteiger partial charge in [-0.1, -0.05) is 18.5 Å². The molecule has 0 spiro atoms. The predicted molar refractivity (Wildman–Crippen MR) is 86.3 cm³/mol. The maximum Gasteiger partial charge on any atom is 0.135 e. The molecule has 1 aromatic carbocycles. The number of halogens is 3. The summed E-state index contributed by atoms with van der Waals surface area (Å²) in [7, 11) is 0. The van der Waals surface area contributed by atoms with Gasteiger partial charge in [-0.25, -0.2) is 9.97 Å². The highest BCUT2D eigenvalue weighted by Crippen LogP contribution is 2.31. The quantitative estimate of drug-likeness (QED) is 0.707. The van der Waals surface area contributed by atoms with Crippen molar-refractivity contribution < 1.29 is 0 Å². The van der Waals surface area contributed by atoms with Gasteiger partial charge in [-0.15, -0.1) is 0 Å². The van der Waals surface area contributed by atoms with Crippen molar-refractivity contribution in [1.82, 2.24) is 9.97 Å². The van der Waals surface area contributed by atoms with Gasteiger partial charge in [0.1, 0.15) is 16.2 Å². The fourth-order valence-corrected chi connectivity index (χ4v) is 2.71. The molecule has 19 heavy (non-hydrogen) atoms. The SMILES string of the molecule is CCc1nc(Br)cc(Nc2cc(Cl)c(C)cc2Br)n1. The van der Waals surface area contributed by atoms with Crippen molar-refractivity contribution in [3.05, 3.63) is 43.7 Å². The summed E-state index contributed by atoms with van der Waals surface area (Å²) >= 11 is 13.0. The Labute approximate surface area is 134 Å². The van der Waals surface area contributed by atoms with E-state index in [4.69, 9.17) is 11.6 Å². The van der Waals surface area contributed by atoms with Crippen LogP contribution >= 0.6 is 43.5 Å². The second-order valence-corrected chi connectivity index (χ2v) is 6.13. The summed E-state index contributed by atoms with van der Waals surface area (Å²) < 4.78 is 1.71. The number of hydrogen-bond acceptors (Lipinski definition) is 3. The van der Waals surface area contributed by atoms with Gasteiger partial charge >= 0.3 is 0 Å². The van der Waals surface area contributed by atoms with E-state index >= 15 is 0 Å². The first-order valence-corrected chi connectivity index (χ1v) is 7.72. The Morgan fingerprint density at radius 3 is 2.63 bits per heavy atom. The maximum atomic E-state index is 6.14. The van der Waals surface area contributed by atoms with E-state index in [-0.39, 0.29) is 0 Å². The first kappa shape index (κ1) is 14.8. The Balaban J connectivity index is 2.36. The molecule has 1 aromatic heterocycles. The predicted octanol–water partition coefficient (Wildman–Crippen LogP) is 5.27. The first-order valence-electron chi connectivity index (χ1n) is 5.75. The molecule has 0 saturated carbocycles. The van der Waals surface area contributed by atoms with Crippen molar-refractivity contribution in [3.8, 4) is 0 Å². The van der Waals surface area contributed by atoms with Crippen LogP contribution in [0.2, 0.25) is 5.02 Å². The molecule has 0 aliphatic heterocycles. The fourth-order valence-electron chi connectivity index (χ4n) is 1.57. The van der Waals surface area contributed by atoms with Gasteiger partial charge in [0.25, 0.3) is 0 Å². The van der Waals surface area contributed by atoms with E-state index in [1.54, 1.807) is 0 Å². The van der Waals surface area contributed by atoms with E-state index in [2.05, 4.69) is 47.1 Å². The number of rotatable bonds is 3. The number of benzene rings is 1. The van der Waals surface area contributed by atoms with Crippen LogP contribution in [0, 0.1) is 6.92 Å². The summed E-state index contributed by atoms with van der Waals surface area (Å²) in [5.41, 5.74) is 1.90. The number of anilines is 2. The van der Waals surface area contributed by atoms with E-state index < -0.39 is 0 Å². The molecule has 0 bridgehead atoms. The smallest absolute Gasteiger partial charge is 0.135 e. The maximum absolute atomic E-state index is 6.14. The number of aryl methyl sites for hydroxylation is 2. The zero-order valence-corrected chi connectivity index (χ0v) is 14.4. The van der Waals surface area contributed by atoms with Crippen LogP contribution < -0.4 is 5.32 Å². The Hall–Kier alpha value is -0.650. The highest BCUT2D eigenvalue weighted by Gasteiger charge is 2.07. The second kappa shape index (κ2) is 6.20. The van der Waals surface area contributed by atoms with Crippen LogP contribution in [0.15, 0.2) is 27.3 Å². The average Bonchev–Trinajstić information content (AvgIpc) is 2.35. The van der Waals surface area contributed by atoms with Crippen molar-refractivity contribution in [1.29, 1.82) is 0 Å². The second-order valence-electron chi connectivity index (χ2n) is 4.05. The molecule has 0 aliphatic carbocycles. The highest BCUT2D eigenvalue weighted by molar-refractivity contribution is 9.10. The van der Waals surface area contributed by atoms with Crippen LogP contribution in [0.5, 0.6) is 0 Å². The molecule has 1 N–H and O–H groups in total. The van der Waals surface area contributed by atoms with Crippen LogP contribution in [0.4, 0.5) is 11.5 Å². The van der Waals surface area contributed by atoms with Gasteiger partial charge in [-0.2, -0.15) is 0 Å². The normalized spacial score (nSPS) is 10.6. The zero-order valence-electron chi connectivity index (χ0n) is 10.5. The fraction of sp³-hybridized carbons (Fsp3) is 0.231. The molecule has 6 heteroatoms. The molecule has 100 valence electrons. The Bertz CT molecular complexity index is 617. The molecule has 3 nitrogen and oxygen atoms in total. The third kappa shape index (κ3) is 3.68. The van der Waals surface area contributed by atoms with Crippen LogP contribution in [-0.4, -0.2) is 9.97 Å². The molecule has 0 saturated heterocycles. The van der Waals surface area contributed by atoms with Gasteiger partial charge in [0.05, 0.1) is 5.69 Å². The largest absolute Gasteiger partial charge is 0.339 e. The number of nitrogens with zero attached hydrogens (tertiary/aromatic N) is 2. The summed E-state index contributed by atoms with van der Waals surface area (Å²) in [5, 5.41) is 3.96. The summed E-state index contributed by atoms with van der Waals surface area (Å²) in [4.78, 5) is 8.70. The molecule has 2 aromatic rings. The third-order valence-electron chi connectivity index (χ3n) is 2.57. The molecular weight excluding hydrogens is 393 g/mol. The van der Waals surface area contributed by atoms with Gasteiger partial charge in [0, 0.05) is 22.0 Å². The average molecular weight is 406 g/mol. The van der Waals surface area contributed by atoms with Gasteiger partial charge in [-0.05, 0) is 56.5 Å². The molecule has 0 radical (unpaired) electrons. The molecular formula is C13H12Br2ClN3. The standard InChI is InChI=1S/C13H12Br2ClN3/c1-3-12-18-11(15)6-13(19-12)17-10-5-9(16)7(2)4-8(10)14/h4-6H,3H2,1-2H3,(H,17,18,19). The lowest BCUT2D eigenvalue weighted by atomic mass is 10.2. The summed E-state index contributed by atoms with van der Waals surface area (Å²) in [6, 6.07) is 5.68. The molecule has 0 unspecified atom stereocenters. The van der Waals surface area contributed by atoms with E-state index in [9.17, 15) is 0 Å². The molecule has 0 fully saturated rings. The lowest BCUT2D eigenvalue weighted by Crippen LogP contribution is -2.00. The van der Waals surface area contributed by atoms with Crippen molar-refractivity contribution in [2.45, 2.75) is 20.3 Å². The summed E-state index contributed by atoms with van der Waals surface area (Å²) in [6.45, 7) is 3.98. The van der Waals surface area contributed by atoms with Crippen molar-refractivity contribution in [2.24, 2.45) is 0 Å². The summed E-state index contributed by atoms with van der Waals surface area (Å²) in [5.74, 6) is 1.52. The van der Waals surface area contributed by atoms with Crippen LogP contribution in [-0.2, 0) is 6.42 Å². The van der Waals surface area contributed by atoms with Crippen molar-refractivity contribution >= 4 is 55.0 Å². The lowest BCUT2D eigenvalue weighted by Gasteiger charge is -2.11. The van der Waals surface area contributed by atoms with Gasteiger partial charge in [0.15, 0.2) is 0 Å². The molecule has 0 amide bonds. The Morgan fingerprint density at radius 2 is 1.95 bits per heavy atom. The Morgan fingerprint density at radius 1 is 1.21 bits per heavy atom. The van der Waals surface area contributed by atoms with Gasteiger partial charge < -0.3 is 5.32 Å². The van der Waals surface area contributed by atoms with E-state index in [1.807, 2.05) is 32.0 Å². The number of nitrogens with one attached hydrogen (secondary N) is 1. The summed E-state index contributed by atoms with van der Waals surface area (Å²) in [6.07, 6.45) is 0.782. The zero-order chi connectivity index (χ0) is 14.0. The van der Waals surface area contributed by atoms with Crippen molar-refractivity contribution in [3.63, 3.8) is 0 Å². The monoisotopic (exact) mass is 403 g/mol. The van der Waals surface area contributed by atoms with Gasteiger partial charge in [0.2, 0.25) is 0 Å². The van der Waals surface area contributed by atoms with Crippen molar-refractivity contribution in [2.75, 3.05) is 5.32 Å². The van der Waals surface area contributed by atoms with E-state index in [0.29, 0.717) is 0 Å². The van der Waals surface area contributed by atoms with E-state index in [0.717, 1.165) is 43.4 Å². The van der Waals surface area contributed by atoms with Crippen LogP contribution in [0.25, 0.3) is 0 Å². The number of aromatic nitrogens is 2. The number of hydrogen-bond donors (Lipinski definition) is 1. The molecule has 1 heterocycles. The minimum absolute atomic E-state index is 0.717. The first-order chi connectivity index (χ1) is 8.99. The van der Waals surface area contributed by atoms with E-state index in [1.165, 1.54) is 0 Å². The highest BCUT2D eigenvalue weighted by atomic mass is 79.9. The molecule has 2 rings (SSSR count). The third-order valence-corrected chi connectivity index (χ3v) is 4.04.